The number of rotatable bonds is 7. The third kappa shape index (κ3) is 6.63. The van der Waals surface area contributed by atoms with E-state index in [2.05, 4.69) is 41.1 Å². The van der Waals surface area contributed by atoms with E-state index in [0.717, 1.165) is 13.0 Å². The summed E-state index contributed by atoms with van der Waals surface area (Å²) in [6, 6.07) is 4.39. The molecule has 0 aliphatic heterocycles. The molecule has 0 saturated carbocycles. The Bertz CT molecular complexity index is 359. The fourth-order valence-corrected chi connectivity index (χ4v) is 1.68. The van der Waals surface area contributed by atoms with E-state index in [-0.39, 0.29) is 0 Å². The molecule has 0 radical (unpaired) electrons. The number of hydrogen-bond donors (Lipinski definition) is 0. The number of unbranched alkanes of at least 4 members (excludes halogenated alkanes) is 3. The van der Waals surface area contributed by atoms with Crippen LogP contribution in [0.4, 0.5) is 0 Å². The molecule has 1 aromatic heterocycles. The van der Waals surface area contributed by atoms with Crippen molar-refractivity contribution in [1.29, 1.82) is 0 Å². The summed E-state index contributed by atoms with van der Waals surface area (Å²) in [7, 11) is 2.04. The van der Waals surface area contributed by atoms with Crippen molar-refractivity contribution in [2.75, 3.05) is 6.61 Å². The van der Waals surface area contributed by atoms with Crippen molar-refractivity contribution in [1.82, 2.24) is 0 Å². The lowest BCUT2D eigenvalue weighted by Crippen LogP contribution is -2.25. The molecule has 17 heavy (non-hydrogen) atoms. The number of hydrogen-bond acceptors (Lipinski definition) is 1. The monoisotopic (exact) mass is 232 g/mol. The zero-order valence-corrected chi connectivity index (χ0v) is 10.9. The molecule has 0 atom stereocenters. The molecule has 1 aromatic rings. The maximum Gasteiger partial charge on any atom is 0.168 e. The molecule has 0 unspecified atom stereocenters. The van der Waals surface area contributed by atoms with Crippen molar-refractivity contribution < 1.29 is 9.30 Å². The first-order chi connectivity index (χ1) is 8.33. The van der Waals surface area contributed by atoms with Crippen LogP contribution in [0.3, 0.4) is 0 Å². The van der Waals surface area contributed by atoms with Gasteiger partial charge in [-0.1, -0.05) is 18.8 Å². The minimum atomic E-state index is 0.766. The van der Waals surface area contributed by atoms with Crippen molar-refractivity contribution in [2.45, 2.75) is 39.0 Å². The van der Waals surface area contributed by atoms with Crippen LogP contribution in [0.2, 0.25) is 0 Å². The van der Waals surface area contributed by atoms with E-state index >= 15 is 0 Å². The van der Waals surface area contributed by atoms with Gasteiger partial charge in [-0.15, -0.1) is 0 Å². The van der Waals surface area contributed by atoms with Crippen molar-refractivity contribution >= 4 is 0 Å². The highest BCUT2D eigenvalue weighted by Gasteiger charge is 1.96. The smallest absolute Gasteiger partial charge is 0.168 e. The molecule has 1 rings (SSSR count). The second kappa shape index (κ2) is 8.64. The van der Waals surface area contributed by atoms with Crippen molar-refractivity contribution in [3.63, 3.8) is 0 Å². The van der Waals surface area contributed by atoms with E-state index < -0.39 is 0 Å². The Morgan fingerprint density at radius 2 is 1.82 bits per heavy atom. The van der Waals surface area contributed by atoms with Crippen molar-refractivity contribution in [2.24, 2.45) is 7.05 Å². The van der Waals surface area contributed by atoms with Gasteiger partial charge in [-0.25, -0.2) is 4.57 Å². The molecule has 0 aliphatic carbocycles. The number of aryl methyl sites for hydroxylation is 2. The van der Waals surface area contributed by atoms with E-state index in [9.17, 15) is 0 Å². The van der Waals surface area contributed by atoms with Gasteiger partial charge in [0.1, 0.15) is 19.8 Å². The van der Waals surface area contributed by atoms with E-state index in [1.165, 1.54) is 31.2 Å². The van der Waals surface area contributed by atoms with Crippen molar-refractivity contribution in [3.8, 4) is 12.0 Å². The molecule has 92 valence electrons. The molecule has 1 heterocycles. The lowest BCUT2D eigenvalue weighted by molar-refractivity contribution is -0.671. The minimum Gasteiger partial charge on any atom is -0.447 e. The van der Waals surface area contributed by atoms with Gasteiger partial charge in [0.05, 0.1) is 0 Å². The highest BCUT2D eigenvalue weighted by atomic mass is 16.5. The quantitative estimate of drug-likeness (QED) is 0.400. The lowest BCUT2D eigenvalue weighted by atomic mass is 10.1. The summed E-state index contributed by atoms with van der Waals surface area (Å²) in [5, 5.41) is 0. The molecule has 0 amide bonds. The summed E-state index contributed by atoms with van der Waals surface area (Å²) >= 11 is 0. The highest BCUT2D eigenvalue weighted by Crippen LogP contribution is 2.06. The van der Waals surface area contributed by atoms with E-state index in [1.54, 1.807) is 6.92 Å². The average molecular weight is 232 g/mol. The first kappa shape index (κ1) is 13.6. The second-order valence-corrected chi connectivity index (χ2v) is 4.24. The molecule has 2 heteroatoms. The van der Waals surface area contributed by atoms with E-state index in [1.807, 2.05) is 7.05 Å². The van der Waals surface area contributed by atoms with Crippen LogP contribution in [0, 0.1) is 12.0 Å². The van der Waals surface area contributed by atoms with Gasteiger partial charge >= 0.3 is 0 Å². The van der Waals surface area contributed by atoms with Gasteiger partial charge in [-0.3, -0.25) is 0 Å². The molecule has 0 spiro atoms. The summed E-state index contributed by atoms with van der Waals surface area (Å²) in [6.07, 6.45) is 12.9. The summed E-state index contributed by atoms with van der Waals surface area (Å²) in [5.41, 5.74) is 1.43. The number of aromatic nitrogens is 1. The van der Waals surface area contributed by atoms with Crippen LogP contribution >= 0.6 is 0 Å². The zero-order chi connectivity index (χ0) is 12.3. The van der Waals surface area contributed by atoms with Crippen molar-refractivity contribution in [3.05, 3.63) is 30.1 Å². The maximum atomic E-state index is 5.10. The van der Waals surface area contributed by atoms with Crippen LogP contribution in [-0.4, -0.2) is 6.61 Å². The van der Waals surface area contributed by atoms with Crippen LogP contribution in [0.25, 0.3) is 0 Å². The Labute approximate surface area is 105 Å². The topological polar surface area (TPSA) is 13.1 Å². The largest absolute Gasteiger partial charge is 0.447 e. The molecule has 0 aromatic carbocycles. The van der Waals surface area contributed by atoms with Gasteiger partial charge in [0.2, 0.25) is 0 Å². The Kier molecular flexibility index (Phi) is 6.90. The van der Waals surface area contributed by atoms with Gasteiger partial charge in [-0.2, -0.15) is 0 Å². The summed E-state index contributed by atoms with van der Waals surface area (Å²) < 4.78 is 7.16. The minimum absolute atomic E-state index is 0.766. The number of ether oxygens (including phenoxy) is 1. The Hall–Kier alpha value is -1.49. The fraction of sp³-hybridized carbons (Fsp3) is 0.533. The van der Waals surface area contributed by atoms with Gasteiger partial charge in [0, 0.05) is 19.1 Å². The lowest BCUT2D eigenvalue weighted by Gasteiger charge is -2.01. The van der Waals surface area contributed by atoms with Gasteiger partial charge < -0.3 is 4.74 Å². The first-order valence-corrected chi connectivity index (χ1v) is 6.30. The van der Waals surface area contributed by atoms with Gasteiger partial charge in [0.25, 0.3) is 0 Å². The molecule has 2 nitrogen and oxygen atoms in total. The standard InChI is InChI=1S/C15H22NO/c1-3-13-17-14-7-5-4-6-8-15-9-11-16(2)12-10-15/h9-12H,4-8,14H2,1-2H3/q+1. The predicted molar refractivity (Wildman–Crippen MR) is 69.2 cm³/mol. The molecular weight excluding hydrogens is 210 g/mol. The first-order valence-electron chi connectivity index (χ1n) is 6.30. The number of nitrogens with zero attached hydrogens (tertiary/aromatic N) is 1. The van der Waals surface area contributed by atoms with Crippen LogP contribution in [0.5, 0.6) is 0 Å². The maximum absolute atomic E-state index is 5.10. The predicted octanol–water partition coefficient (Wildman–Crippen LogP) is 2.61. The van der Waals surface area contributed by atoms with Crippen LogP contribution in [0.1, 0.15) is 38.2 Å². The fourth-order valence-electron chi connectivity index (χ4n) is 1.68. The molecule has 0 saturated heterocycles. The summed E-state index contributed by atoms with van der Waals surface area (Å²) in [4.78, 5) is 0. The van der Waals surface area contributed by atoms with E-state index in [0.29, 0.717) is 0 Å². The third-order valence-corrected chi connectivity index (χ3v) is 2.68. The van der Waals surface area contributed by atoms with Gasteiger partial charge in [-0.05, 0) is 24.8 Å². The van der Waals surface area contributed by atoms with Crippen LogP contribution in [0.15, 0.2) is 24.5 Å². The number of pyridine rings is 1. The molecule has 0 aliphatic rings. The Morgan fingerprint density at radius 1 is 1.12 bits per heavy atom. The summed E-state index contributed by atoms with van der Waals surface area (Å²) in [5.74, 6) is 2.72. The third-order valence-electron chi connectivity index (χ3n) is 2.68. The second-order valence-electron chi connectivity index (χ2n) is 4.24. The van der Waals surface area contributed by atoms with Gasteiger partial charge in [0.15, 0.2) is 12.4 Å². The Morgan fingerprint density at radius 3 is 2.53 bits per heavy atom. The normalized spacial score (nSPS) is 9.53. The average Bonchev–Trinajstić information content (AvgIpc) is 2.35. The SMILES string of the molecule is CC#COCCCCCCc1cc[n+](C)cc1. The Balaban J connectivity index is 2.00. The van der Waals surface area contributed by atoms with Crippen LogP contribution in [-0.2, 0) is 18.2 Å². The molecular formula is C15H22NO+. The van der Waals surface area contributed by atoms with Crippen LogP contribution < -0.4 is 4.57 Å². The summed E-state index contributed by atoms with van der Waals surface area (Å²) in [6.45, 7) is 2.56. The zero-order valence-electron chi connectivity index (χ0n) is 10.9. The molecule has 0 bridgehead atoms. The highest BCUT2D eigenvalue weighted by molar-refractivity contribution is 5.06. The molecule has 0 N–H and O–H groups in total. The van der Waals surface area contributed by atoms with E-state index in [4.69, 9.17) is 4.74 Å². The molecule has 0 fully saturated rings.